The van der Waals surface area contributed by atoms with E-state index in [1.54, 1.807) is 12.1 Å². The summed E-state index contributed by atoms with van der Waals surface area (Å²) in [5.41, 5.74) is 1.69. The molecule has 0 radical (unpaired) electrons. The molecule has 1 N–H and O–H groups in total. The molecule has 1 saturated heterocycles. The maximum absolute atomic E-state index is 12.3. The Morgan fingerprint density at radius 1 is 1.36 bits per heavy atom. The molecule has 1 fully saturated rings. The van der Waals surface area contributed by atoms with Crippen molar-refractivity contribution in [3.63, 3.8) is 0 Å². The molecule has 0 saturated carbocycles. The van der Waals surface area contributed by atoms with Gasteiger partial charge < -0.3 is 14.6 Å². The van der Waals surface area contributed by atoms with E-state index < -0.39 is 5.91 Å². The van der Waals surface area contributed by atoms with Crippen molar-refractivity contribution < 1.29 is 9.21 Å². The van der Waals surface area contributed by atoms with Gasteiger partial charge in [0, 0.05) is 30.9 Å². The van der Waals surface area contributed by atoms with Gasteiger partial charge in [0.25, 0.3) is 5.91 Å². The van der Waals surface area contributed by atoms with E-state index in [0.29, 0.717) is 11.4 Å². The molecule has 1 aromatic heterocycles. The summed E-state index contributed by atoms with van der Waals surface area (Å²) < 4.78 is 6.65. The normalized spacial score (nSPS) is 14.4. The van der Waals surface area contributed by atoms with E-state index in [2.05, 4.69) is 26.1 Å². The van der Waals surface area contributed by atoms with Crippen LogP contribution in [0.25, 0.3) is 6.08 Å². The molecular weight excluding hydrogens is 382 g/mol. The first-order chi connectivity index (χ1) is 12.1. The Kier molecular flexibility index (Phi) is 5.25. The summed E-state index contributed by atoms with van der Waals surface area (Å²) in [5, 5.41) is 12.1. The molecule has 0 aliphatic carbocycles. The van der Waals surface area contributed by atoms with Crippen molar-refractivity contribution in [2.75, 3.05) is 23.3 Å². The second-order valence-corrected chi connectivity index (χ2v) is 6.84. The highest BCUT2D eigenvalue weighted by atomic mass is 79.9. The zero-order valence-corrected chi connectivity index (χ0v) is 15.5. The summed E-state index contributed by atoms with van der Waals surface area (Å²) in [7, 11) is 0. The molecule has 2 heterocycles. The number of rotatable bonds is 4. The first kappa shape index (κ1) is 17.3. The van der Waals surface area contributed by atoms with E-state index in [1.807, 2.05) is 31.2 Å². The number of carbonyl (C=O) groups is 1. The van der Waals surface area contributed by atoms with Crippen LogP contribution in [0.2, 0.25) is 0 Å². The van der Waals surface area contributed by atoms with Crippen LogP contribution in [-0.2, 0) is 4.79 Å². The van der Waals surface area contributed by atoms with Crippen LogP contribution >= 0.6 is 15.9 Å². The second kappa shape index (κ2) is 7.58. The van der Waals surface area contributed by atoms with Crippen molar-refractivity contribution >= 4 is 39.5 Å². The number of hydrogen-bond donors (Lipinski definition) is 1. The highest BCUT2D eigenvalue weighted by molar-refractivity contribution is 9.10. The summed E-state index contributed by atoms with van der Waals surface area (Å²) in [4.78, 5) is 14.5. The Morgan fingerprint density at radius 2 is 2.12 bits per heavy atom. The minimum atomic E-state index is -0.455. The topological polar surface area (TPSA) is 69.3 Å². The number of nitriles is 1. The standard InChI is InChI=1S/C19H18BrN3O2/c1-13-5-4-6-15(9-13)22-18(24)14(12-21)10-16-11-17(20)19(25-16)23-7-2-3-8-23/h4-6,9-11H,2-3,7-8H2,1H3,(H,22,24)/b14-10-. The molecule has 5 nitrogen and oxygen atoms in total. The van der Waals surface area contributed by atoms with E-state index in [-0.39, 0.29) is 5.57 Å². The van der Waals surface area contributed by atoms with E-state index in [0.717, 1.165) is 41.9 Å². The number of anilines is 2. The van der Waals surface area contributed by atoms with Crippen LogP contribution in [-0.4, -0.2) is 19.0 Å². The molecule has 0 atom stereocenters. The monoisotopic (exact) mass is 399 g/mol. The van der Waals surface area contributed by atoms with Gasteiger partial charge in [-0.05, 0) is 53.4 Å². The van der Waals surface area contributed by atoms with Gasteiger partial charge in [0.15, 0.2) is 0 Å². The predicted molar refractivity (Wildman–Crippen MR) is 101 cm³/mol. The van der Waals surface area contributed by atoms with Crippen molar-refractivity contribution in [1.29, 1.82) is 5.26 Å². The lowest BCUT2D eigenvalue weighted by atomic mass is 10.2. The summed E-state index contributed by atoms with van der Waals surface area (Å²) in [6.07, 6.45) is 3.75. The Hall–Kier alpha value is -2.52. The number of hydrogen-bond acceptors (Lipinski definition) is 4. The number of furan rings is 1. The fourth-order valence-electron chi connectivity index (χ4n) is 2.80. The SMILES string of the molecule is Cc1cccc(NC(=O)/C(C#N)=C\c2cc(Br)c(N3CCCC3)o2)c1. The van der Waals surface area contributed by atoms with Crippen LogP contribution in [0.15, 0.2) is 44.8 Å². The largest absolute Gasteiger partial charge is 0.440 e. The Morgan fingerprint density at radius 3 is 2.80 bits per heavy atom. The van der Waals surface area contributed by atoms with Gasteiger partial charge in [0.05, 0.1) is 4.47 Å². The molecule has 2 aromatic rings. The number of benzene rings is 1. The number of nitrogens with one attached hydrogen (secondary N) is 1. The molecule has 0 unspecified atom stereocenters. The fourth-order valence-corrected chi connectivity index (χ4v) is 3.35. The Balaban J connectivity index is 1.79. The number of amides is 1. The highest BCUT2D eigenvalue weighted by Gasteiger charge is 2.20. The van der Waals surface area contributed by atoms with Crippen LogP contribution in [0.3, 0.4) is 0 Å². The lowest BCUT2D eigenvalue weighted by Gasteiger charge is -2.13. The first-order valence-corrected chi connectivity index (χ1v) is 8.90. The van der Waals surface area contributed by atoms with Crippen LogP contribution in [0.1, 0.15) is 24.2 Å². The maximum Gasteiger partial charge on any atom is 0.266 e. The molecule has 1 aliphatic rings. The third-order valence-electron chi connectivity index (χ3n) is 4.01. The van der Waals surface area contributed by atoms with Crippen LogP contribution < -0.4 is 10.2 Å². The predicted octanol–water partition coefficient (Wildman–Crippen LogP) is 4.50. The maximum atomic E-state index is 12.3. The average molecular weight is 400 g/mol. The molecule has 6 heteroatoms. The molecule has 3 rings (SSSR count). The van der Waals surface area contributed by atoms with Crippen molar-refractivity contribution in [1.82, 2.24) is 0 Å². The number of halogens is 1. The molecule has 0 bridgehead atoms. The number of aryl methyl sites for hydroxylation is 1. The Bertz CT molecular complexity index is 858. The lowest BCUT2D eigenvalue weighted by molar-refractivity contribution is -0.112. The first-order valence-electron chi connectivity index (χ1n) is 8.11. The number of carbonyl (C=O) groups excluding carboxylic acids is 1. The van der Waals surface area contributed by atoms with Gasteiger partial charge in [0.2, 0.25) is 5.88 Å². The smallest absolute Gasteiger partial charge is 0.266 e. The second-order valence-electron chi connectivity index (χ2n) is 5.99. The minimum absolute atomic E-state index is 0.00396. The zero-order chi connectivity index (χ0) is 17.8. The van der Waals surface area contributed by atoms with Crippen molar-refractivity contribution in [3.8, 4) is 6.07 Å². The summed E-state index contributed by atoms with van der Waals surface area (Å²) in [5.74, 6) is 0.771. The summed E-state index contributed by atoms with van der Waals surface area (Å²) in [6, 6.07) is 11.2. The van der Waals surface area contributed by atoms with Crippen molar-refractivity contribution in [3.05, 3.63) is 51.7 Å². The van der Waals surface area contributed by atoms with Gasteiger partial charge in [-0.3, -0.25) is 4.79 Å². The average Bonchev–Trinajstić information content (AvgIpc) is 3.21. The zero-order valence-electron chi connectivity index (χ0n) is 13.9. The van der Waals surface area contributed by atoms with Gasteiger partial charge in [-0.1, -0.05) is 12.1 Å². The molecule has 25 heavy (non-hydrogen) atoms. The van der Waals surface area contributed by atoms with Gasteiger partial charge >= 0.3 is 0 Å². The molecule has 128 valence electrons. The van der Waals surface area contributed by atoms with E-state index in [4.69, 9.17) is 4.42 Å². The van der Waals surface area contributed by atoms with Crippen LogP contribution in [0, 0.1) is 18.3 Å². The van der Waals surface area contributed by atoms with Gasteiger partial charge in [0.1, 0.15) is 17.4 Å². The van der Waals surface area contributed by atoms with E-state index in [1.165, 1.54) is 6.08 Å². The van der Waals surface area contributed by atoms with Crippen LogP contribution in [0.4, 0.5) is 11.6 Å². The van der Waals surface area contributed by atoms with Gasteiger partial charge in [-0.25, -0.2) is 0 Å². The van der Waals surface area contributed by atoms with E-state index in [9.17, 15) is 10.1 Å². The summed E-state index contributed by atoms with van der Waals surface area (Å²) in [6.45, 7) is 3.85. The van der Waals surface area contributed by atoms with Gasteiger partial charge in [-0.2, -0.15) is 5.26 Å². The molecule has 1 aliphatic heterocycles. The minimum Gasteiger partial charge on any atom is -0.440 e. The molecular formula is C19H18BrN3O2. The fraction of sp³-hybridized carbons (Fsp3) is 0.263. The third kappa shape index (κ3) is 4.12. The molecule has 0 spiro atoms. The summed E-state index contributed by atoms with van der Waals surface area (Å²) >= 11 is 3.49. The Labute approximate surface area is 155 Å². The quantitative estimate of drug-likeness (QED) is 0.606. The molecule has 1 amide bonds. The van der Waals surface area contributed by atoms with E-state index >= 15 is 0 Å². The third-order valence-corrected chi connectivity index (χ3v) is 4.58. The van der Waals surface area contributed by atoms with Crippen molar-refractivity contribution in [2.24, 2.45) is 0 Å². The highest BCUT2D eigenvalue weighted by Crippen LogP contribution is 2.33. The van der Waals surface area contributed by atoms with Crippen LogP contribution in [0.5, 0.6) is 0 Å². The molecule has 1 aromatic carbocycles. The number of nitrogens with zero attached hydrogens (tertiary/aromatic N) is 2. The lowest BCUT2D eigenvalue weighted by Crippen LogP contribution is -2.17. The van der Waals surface area contributed by atoms with Crippen molar-refractivity contribution in [2.45, 2.75) is 19.8 Å². The van der Waals surface area contributed by atoms with Gasteiger partial charge in [-0.15, -0.1) is 0 Å².